The molecule has 6 nitrogen and oxygen atoms in total. The van der Waals surface area contributed by atoms with E-state index in [0.717, 1.165) is 24.3 Å². The Morgan fingerprint density at radius 3 is 2.65 bits per heavy atom. The van der Waals surface area contributed by atoms with E-state index in [4.69, 9.17) is 4.74 Å². The zero-order chi connectivity index (χ0) is 18.9. The van der Waals surface area contributed by atoms with Crippen LogP contribution in [0, 0.1) is 15.9 Å². The largest absolute Gasteiger partial charge is 0.472 e. The monoisotopic (exact) mass is 371 g/mol. The first kappa shape index (κ1) is 17.9. The second-order valence-electron chi connectivity index (χ2n) is 5.75. The first-order chi connectivity index (χ1) is 12.2. The van der Waals surface area contributed by atoms with E-state index in [9.17, 15) is 27.7 Å². The second-order valence-corrected chi connectivity index (χ2v) is 5.75. The van der Waals surface area contributed by atoms with E-state index in [1.165, 1.54) is 6.07 Å². The lowest BCUT2D eigenvalue weighted by Crippen LogP contribution is -2.25. The maximum Gasteiger partial charge on any atom is 0.417 e. The summed E-state index contributed by atoms with van der Waals surface area (Å²) in [5.74, 6) is -0.667. The lowest BCUT2D eigenvalue weighted by atomic mass is 10.2. The van der Waals surface area contributed by atoms with E-state index in [1.54, 1.807) is 4.90 Å². The molecule has 2 heterocycles. The number of rotatable bonds is 4. The minimum atomic E-state index is -4.47. The SMILES string of the molecule is O=[N+]([O-])c1cc(F)ccc1N1CCC(Oc2ccc(C(F)(F)F)cn2)C1. The molecule has 1 aromatic heterocycles. The first-order valence-corrected chi connectivity index (χ1v) is 7.63. The topological polar surface area (TPSA) is 68.5 Å². The van der Waals surface area contributed by atoms with Crippen LogP contribution in [0.25, 0.3) is 0 Å². The third-order valence-corrected chi connectivity index (χ3v) is 3.97. The van der Waals surface area contributed by atoms with E-state index in [-0.39, 0.29) is 23.8 Å². The van der Waals surface area contributed by atoms with Crippen LogP contribution in [0.3, 0.4) is 0 Å². The van der Waals surface area contributed by atoms with Gasteiger partial charge in [-0.2, -0.15) is 13.2 Å². The molecule has 2 aromatic rings. The highest BCUT2D eigenvalue weighted by Gasteiger charge is 2.32. The van der Waals surface area contributed by atoms with Crippen molar-refractivity contribution >= 4 is 11.4 Å². The molecule has 1 atom stereocenters. The predicted molar refractivity (Wildman–Crippen MR) is 83.5 cm³/mol. The smallest absolute Gasteiger partial charge is 0.417 e. The molecule has 1 aliphatic rings. The summed E-state index contributed by atoms with van der Waals surface area (Å²) in [4.78, 5) is 15.8. The molecule has 1 saturated heterocycles. The molecule has 1 aromatic carbocycles. The number of hydrogen-bond acceptors (Lipinski definition) is 5. The van der Waals surface area contributed by atoms with E-state index in [1.807, 2.05) is 0 Å². The first-order valence-electron chi connectivity index (χ1n) is 7.63. The third-order valence-electron chi connectivity index (χ3n) is 3.97. The highest BCUT2D eigenvalue weighted by Crippen LogP contribution is 2.33. The number of nitro benzene ring substituents is 1. The van der Waals surface area contributed by atoms with Gasteiger partial charge in [0.25, 0.3) is 5.69 Å². The number of alkyl halides is 3. The van der Waals surface area contributed by atoms with Gasteiger partial charge in [0.2, 0.25) is 5.88 Å². The van der Waals surface area contributed by atoms with Gasteiger partial charge in [-0.1, -0.05) is 0 Å². The number of ether oxygens (including phenoxy) is 1. The van der Waals surface area contributed by atoms with Gasteiger partial charge < -0.3 is 9.64 Å². The number of hydrogen-bond donors (Lipinski definition) is 0. The van der Waals surface area contributed by atoms with Gasteiger partial charge in [0.1, 0.15) is 17.6 Å². The molecule has 0 spiro atoms. The van der Waals surface area contributed by atoms with Crippen molar-refractivity contribution in [2.75, 3.05) is 18.0 Å². The van der Waals surface area contributed by atoms with Crippen molar-refractivity contribution in [3.63, 3.8) is 0 Å². The Bertz CT molecular complexity index is 811. The van der Waals surface area contributed by atoms with Crippen molar-refractivity contribution in [3.8, 4) is 5.88 Å². The van der Waals surface area contributed by atoms with Gasteiger partial charge in [0, 0.05) is 25.2 Å². The summed E-state index contributed by atoms with van der Waals surface area (Å²) in [6.07, 6.45) is -3.69. The van der Waals surface area contributed by atoms with Crippen LogP contribution >= 0.6 is 0 Å². The van der Waals surface area contributed by atoms with Gasteiger partial charge in [-0.25, -0.2) is 9.37 Å². The molecule has 0 amide bonds. The summed E-state index contributed by atoms with van der Waals surface area (Å²) in [5, 5.41) is 11.1. The van der Waals surface area contributed by atoms with Gasteiger partial charge in [0.05, 0.1) is 23.1 Å². The molecule has 1 fully saturated rings. The van der Waals surface area contributed by atoms with Crippen molar-refractivity contribution in [1.29, 1.82) is 0 Å². The normalized spacial score (nSPS) is 17.4. The maximum atomic E-state index is 13.2. The van der Waals surface area contributed by atoms with Gasteiger partial charge in [-0.15, -0.1) is 0 Å². The van der Waals surface area contributed by atoms with Crippen LogP contribution in [0.4, 0.5) is 28.9 Å². The molecule has 26 heavy (non-hydrogen) atoms. The molecule has 0 saturated carbocycles. The minimum absolute atomic E-state index is 0.0402. The maximum absolute atomic E-state index is 13.2. The number of nitro groups is 1. The van der Waals surface area contributed by atoms with E-state index >= 15 is 0 Å². The number of aromatic nitrogens is 1. The number of benzene rings is 1. The van der Waals surface area contributed by atoms with Gasteiger partial charge in [-0.05, 0) is 18.2 Å². The Morgan fingerprint density at radius 2 is 2.04 bits per heavy atom. The second kappa shape index (κ2) is 6.77. The number of nitrogens with zero attached hydrogens (tertiary/aromatic N) is 3. The summed E-state index contributed by atoms with van der Waals surface area (Å²) in [6, 6.07) is 5.31. The number of halogens is 4. The standard InChI is InChI=1S/C16H13F4N3O3/c17-11-2-3-13(14(7-11)23(24)25)22-6-5-12(9-22)26-15-4-1-10(8-21-15)16(18,19)20/h1-4,7-8,12H,5-6,9H2. The molecule has 0 radical (unpaired) electrons. The lowest BCUT2D eigenvalue weighted by molar-refractivity contribution is -0.384. The van der Waals surface area contributed by atoms with Crippen LogP contribution in [0.5, 0.6) is 5.88 Å². The zero-order valence-electron chi connectivity index (χ0n) is 13.2. The minimum Gasteiger partial charge on any atom is -0.472 e. The van der Waals surface area contributed by atoms with Crippen LogP contribution in [0.15, 0.2) is 36.5 Å². The Labute approximate surface area is 145 Å². The van der Waals surface area contributed by atoms with Crippen molar-refractivity contribution in [3.05, 3.63) is 58.0 Å². The quantitative estimate of drug-likeness (QED) is 0.465. The Kier molecular flexibility index (Phi) is 4.66. The average molecular weight is 371 g/mol. The molecule has 0 aliphatic carbocycles. The molecule has 138 valence electrons. The summed E-state index contributed by atoms with van der Waals surface area (Å²) >= 11 is 0. The molecule has 0 bridgehead atoms. The van der Waals surface area contributed by atoms with Crippen LogP contribution < -0.4 is 9.64 Å². The molecular formula is C16H13F4N3O3. The fourth-order valence-corrected chi connectivity index (χ4v) is 2.74. The third kappa shape index (κ3) is 3.84. The molecule has 0 N–H and O–H groups in total. The Balaban J connectivity index is 1.69. The van der Waals surface area contributed by atoms with Crippen molar-refractivity contribution in [2.45, 2.75) is 18.7 Å². The van der Waals surface area contributed by atoms with Gasteiger partial charge in [0.15, 0.2) is 0 Å². The number of anilines is 1. The molecular weight excluding hydrogens is 358 g/mol. The van der Waals surface area contributed by atoms with Gasteiger partial charge in [-0.3, -0.25) is 10.1 Å². The predicted octanol–water partition coefficient (Wildman–Crippen LogP) is 3.81. The van der Waals surface area contributed by atoms with Gasteiger partial charge >= 0.3 is 6.18 Å². The molecule has 1 unspecified atom stereocenters. The van der Waals surface area contributed by atoms with E-state index in [2.05, 4.69) is 4.98 Å². The van der Waals surface area contributed by atoms with Crippen LogP contribution in [-0.2, 0) is 6.18 Å². The number of pyridine rings is 1. The summed E-state index contributed by atoms with van der Waals surface area (Å²) in [6.45, 7) is 0.701. The van der Waals surface area contributed by atoms with Crippen molar-refractivity contribution < 1.29 is 27.2 Å². The fourth-order valence-electron chi connectivity index (χ4n) is 2.74. The van der Waals surface area contributed by atoms with Crippen molar-refractivity contribution in [1.82, 2.24) is 4.98 Å². The lowest BCUT2D eigenvalue weighted by Gasteiger charge is -2.19. The van der Waals surface area contributed by atoms with Crippen molar-refractivity contribution in [2.24, 2.45) is 0 Å². The average Bonchev–Trinajstić information content (AvgIpc) is 3.02. The molecule has 3 rings (SSSR count). The Hall–Kier alpha value is -2.91. The summed E-state index contributed by atoms with van der Waals surface area (Å²) < 4.78 is 56.4. The summed E-state index contributed by atoms with van der Waals surface area (Å²) in [7, 11) is 0. The van der Waals surface area contributed by atoms with Crippen LogP contribution in [-0.4, -0.2) is 29.1 Å². The Morgan fingerprint density at radius 1 is 1.27 bits per heavy atom. The molecule has 10 heteroatoms. The fraction of sp³-hybridized carbons (Fsp3) is 0.312. The van der Waals surface area contributed by atoms with E-state index in [0.29, 0.717) is 19.2 Å². The molecule has 1 aliphatic heterocycles. The zero-order valence-corrected chi connectivity index (χ0v) is 13.2. The highest BCUT2D eigenvalue weighted by atomic mass is 19.4. The van der Waals surface area contributed by atoms with Crippen LogP contribution in [0.1, 0.15) is 12.0 Å². The van der Waals surface area contributed by atoms with Crippen LogP contribution in [0.2, 0.25) is 0 Å². The summed E-state index contributed by atoms with van der Waals surface area (Å²) in [5.41, 5.74) is -0.957. The highest BCUT2D eigenvalue weighted by molar-refractivity contribution is 5.63. The van der Waals surface area contributed by atoms with E-state index < -0.39 is 28.6 Å².